The number of carbonyl (C=O) groups is 1. The van der Waals surface area contributed by atoms with E-state index in [9.17, 15) is 4.79 Å². The molecule has 0 atom stereocenters. The van der Waals surface area contributed by atoms with Crippen LogP contribution in [-0.2, 0) is 4.74 Å². The summed E-state index contributed by atoms with van der Waals surface area (Å²) in [6.45, 7) is 12.3. The van der Waals surface area contributed by atoms with Crippen molar-refractivity contribution in [3.8, 4) is 5.88 Å². The molecule has 0 bridgehead atoms. The highest BCUT2D eigenvalue weighted by molar-refractivity contribution is 5.68. The van der Waals surface area contributed by atoms with Gasteiger partial charge in [-0.3, -0.25) is 0 Å². The monoisotopic (exact) mass is 321 g/mol. The average Bonchev–Trinajstić information content (AvgIpc) is 2.45. The molecule has 1 aromatic heterocycles. The van der Waals surface area contributed by atoms with Gasteiger partial charge < -0.3 is 19.3 Å². The molecular formula is C17H27N3O3. The highest BCUT2D eigenvalue weighted by Crippen LogP contribution is 2.19. The predicted molar refractivity (Wildman–Crippen MR) is 90.0 cm³/mol. The van der Waals surface area contributed by atoms with Crippen LogP contribution in [0.1, 0.15) is 34.6 Å². The first-order valence-corrected chi connectivity index (χ1v) is 8.11. The van der Waals surface area contributed by atoms with Gasteiger partial charge in [0, 0.05) is 32.2 Å². The molecule has 0 unspecified atom stereocenters. The van der Waals surface area contributed by atoms with Crippen molar-refractivity contribution in [3.05, 3.63) is 18.2 Å². The summed E-state index contributed by atoms with van der Waals surface area (Å²) in [5, 5.41) is 0. The molecule has 23 heavy (non-hydrogen) atoms. The number of carbonyl (C=O) groups excluding carboxylic acids is 1. The average molecular weight is 321 g/mol. The molecule has 1 aliphatic rings. The van der Waals surface area contributed by atoms with Gasteiger partial charge in [-0.1, -0.05) is 6.07 Å². The van der Waals surface area contributed by atoms with Gasteiger partial charge in [0.15, 0.2) is 0 Å². The molecule has 6 nitrogen and oxygen atoms in total. The van der Waals surface area contributed by atoms with Crippen molar-refractivity contribution in [2.24, 2.45) is 0 Å². The number of nitrogens with zero attached hydrogens (tertiary/aromatic N) is 3. The lowest BCUT2D eigenvalue weighted by Crippen LogP contribution is -2.50. The summed E-state index contributed by atoms with van der Waals surface area (Å²) in [6, 6.07) is 5.77. The first-order valence-electron chi connectivity index (χ1n) is 8.11. The van der Waals surface area contributed by atoms with Crippen LogP contribution in [0.4, 0.5) is 10.6 Å². The molecule has 1 amide bonds. The van der Waals surface area contributed by atoms with Crippen LogP contribution in [0.15, 0.2) is 18.2 Å². The molecule has 1 aliphatic heterocycles. The number of aromatic nitrogens is 1. The summed E-state index contributed by atoms with van der Waals surface area (Å²) in [6.07, 6.45) is -0.149. The SMILES string of the molecule is CC(C)Oc1cccc(N2CCN(C(=O)OC(C)(C)C)CC2)n1. The van der Waals surface area contributed by atoms with Crippen molar-refractivity contribution in [2.75, 3.05) is 31.1 Å². The summed E-state index contributed by atoms with van der Waals surface area (Å²) >= 11 is 0. The number of rotatable bonds is 3. The first-order chi connectivity index (χ1) is 10.7. The fourth-order valence-corrected chi connectivity index (χ4v) is 2.33. The molecule has 2 rings (SSSR count). The summed E-state index contributed by atoms with van der Waals surface area (Å²) in [7, 11) is 0. The molecule has 0 radical (unpaired) electrons. The van der Waals surface area contributed by atoms with Gasteiger partial charge in [0.2, 0.25) is 5.88 Å². The Morgan fingerprint density at radius 3 is 2.39 bits per heavy atom. The Morgan fingerprint density at radius 2 is 1.83 bits per heavy atom. The Balaban J connectivity index is 1.93. The van der Waals surface area contributed by atoms with E-state index >= 15 is 0 Å². The molecule has 0 N–H and O–H groups in total. The molecule has 1 fully saturated rings. The maximum atomic E-state index is 12.1. The van der Waals surface area contributed by atoms with Gasteiger partial charge >= 0.3 is 6.09 Å². The fraction of sp³-hybridized carbons (Fsp3) is 0.647. The topological polar surface area (TPSA) is 54.9 Å². The smallest absolute Gasteiger partial charge is 0.410 e. The zero-order valence-corrected chi connectivity index (χ0v) is 14.7. The van der Waals surface area contributed by atoms with Crippen LogP contribution in [0.2, 0.25) is 0 Å². The zero-order valence-electron chi connectivity index (χ0n) is 14.7. The lowest BCUT2D eigenvalue weighted by Gasteiger charge is -2.36. The normalized spacial score (nSPS) is 15.7. The van der Waals surface area contributed by atoms with Crippen molar-refractivity contribution < 1.29 is 14.3 Å². The van der Waals surface area contributed by atoms with Gasteiger partial charge in [0.1, 0.15) is 11.4 Å². The first kappa shape index (κ1) is 17.4. The fourth-order valence-electron chi connectivity index (χ4n) is 2.33. The number of piperazine rings is 1. The third kappa shape index (κ3) is 5.30. The van der Waals surface area contributed by atoms with E-state index in [1.807, 2.05) is 52.8 Å². The molecule has 1 saturated heterocycles. The van der Waals surface area contributed by atoms with Crippen LogP contribution in [-0.4, -0.2) is 53.9 Å². The second kappa shape index (κ2) is 7.06. The third-order valence-electron chi connectivity index (χ3n) is 3.32. The van der Waals surface area contributed by atoms with E-state index in [0.717, 1.165) is 18.9 Å². The molecule has 0 saturated carbocycles. The third-order valence-corrected chi connectivity index (χ3v) is 3.32. The number of ether oxygens (including phenoxy) is 2. The zero-order chi connectivity index (χ0) is 17.0. The predicted octanol–water partition coefficient (Wildman–Crippen LogP) is 2.93. The van der Waals surface area contributed by atoms with Crippen LogP contribution in [0.3, 0.4) is 0 Å². The highest BCUT2D eigenvalue weighted by atomic mass is 16.6. The van der Waals surface area contributed by atoms with Crippen molar-refractivity contribution >= 4 is 11.9 Å². The van der Waals surface area contributed by atoms with Crippen LogP contribution < -0.4 is 9.64 Å². The molecule has 2 heterocycles. The van der Waals surface area contributed by atoms with Gasteiger partial charge in [-0.05, 0) is 40.7 Å². The molecule has 0 aliphatic carbocycles. The summed E-state index contributed by atoms with van der Waals surface area (Å²) in [5.41, 5.74) is -0.460. The number of amides is 1. The van der Waals surface area contributed by atoms with E-state index in [1.165, 1.54) is 0 Å². The van der Waals surface area contributed by atoms with Gasteiger partial charge in [0.25, 0.3) is 0 Å². The Morgan fingerprint density at radius 1 is 1.17 bits per heavy atom. The van der Waals surface area contributed by atoms with Crippen molar-refractivity contribution in [2.45, 2.75) is 46.3 Å². The van der Waals surface area contributed by atoms with Crippen LogP contribution in [0.5, 0.6) is 5.88 Å². The molecule has 0 spiro atoms. The molecule has 0 aromatic carbocycles. The highest BCUT2D eigenvalue weighted by Gasteiger charge is 2.26. The lowest BCUT2D eigenvalue weighted by molar-refractivity contribution is 0.0240. The van der Waals surface area contributed by atoms with E-state index in [4.69, 9.17) is 9.47 Å². The number of pyridine rings is 1. The van der Waals surface area contributed by atoms with E-state index in [1.54, 1.807) is 4.90 Å². The lowest BCUT2D eigenvalue weighted by atomic mass is 10.2. The van der Waals surface area contributed by atoms with Crippen molar-refractivity contribution in [3.63, 3.8) is 0 Å². The minimum absolute atomic E-state index is 0.0989. The minimum atomic E-state index is -0.460. The Bertz CT molecular complexity index is 532. The van der Waals surface area contributed by atoms with Crippen LogP contribution >= 0.6 is 0 Å². The number of hydrogen-bond donors (Lipinski definition) is 0. The Labute approximate surface area is 138 Å². The second-order valence-corrected chi connectivity index (χ2v) is 6.96. The molecule has 128 valence electrons. The van der Waals surface area contributed by atoms with Crippen molar-refractivity contribution in [1.29, 1.82) is 0 Å². The largest absolute Gasteiger partial charge is 0.475 e. The minimum Gasteiger partial charge on any atom is -0.475 e. The molecule has 1 aromatic rings. The van der Waals surface area contributed by atoms with E-state index < -0.39 is 5.60 Å². The van der Waals surface area contributed by atoms with E-state index in [2.05, 4.69) is 9.88 Å². The maximum absolute atomic E-state index is 12.1. The quantitative estimate of drug-likeness (QED) is 0.857. The van der Waals surface area contributed by atoms with Gasteiger partial charge in [0.05, 0.1) is 6.10 Å². The van der Waals surface area contributed by atoms with Crippen molar-refractivity contribution in [1.82, 2.24) is 9.88 Å². The van der Waals surface area contributed by atoms with E-state index in [-0.39, 0.29) is 12.2 Å². The van der Waals surface area contributed by atoms with Gasteiger partial charge in [-0.15, -0.1) is 0 Å². The van der Waals surface area contributed by atoms with Crippen LogP contribution in [0, 0.1) is 0 Å². The van der Waals surface area contributed by atoms with Gasteiger partial charge in [-0.25, -0.2) is 4.79 Å². The molecule has 6 heteroatoms. The summed E-state index contributed by atoms with van der Waals surface area (Å²) in [4.78, 5) is 20.5. The van der Waals surface area contributed by atoms with Gasteiger partial charge in [-0.2, -0.15) is 4.98 Å². The standard InChI is InChI=1S/C17H27N3O3/c1-13(2)22-15-8-6-7-14(18-15)19-9-11-20(12-10-19)16(21)23-17(3,4)5/h6-8,13H,9-12H2,1-5H3. The maximum Gasteiger partial charge on any atom is 0.410 e. The second-order valence-electron chi connectivity index (χ2n) is 6.96. The molecular weight excluding hydrogens is 294 g/mol. The summed E-state index contributed by atoms with van der Waals surface area (Å²) < 4.78 is 11.1. The Kier molecular flexibility index (Phi) is 5.34. The van der Waals surface area contributed by atoms with Crippen LogP contribution in [0.25, 0.3) is 0 Å². The van der Waals surface area contributed by atoms with E-state index in [0.29, 0.717) is 19.0 Å². The summed E-state index contributed by atoms with van der Waals surface area (Å²) in [5.74, 6) is 1.51. The number of hydrogen-bond acceptors (Lipinski definition) is 5. The number of anilines is 1. The Hall–Kier alpha value is -1.98.